The molecule has 2 heterocycles. The summed E-state index contributed by atoms with van der Waals surface area (Å²) in [6.07, 6.45) is 3.43. The molecule has 0 atom stereocenters. The van der Waals surface area contributed by atoms with Gasteiger partial charge in [0.25, 0.3) is 5.91 Å². The summed E-state index contributed by atoms with van der Waals surface area (Å²) in [5.41, 5.74) is 2.77. The van der Waals surface area contributed by atoms with E-state index in [4.69, 9.17) is 4.74 Å². The van der Waals surface area contributed by atoms with Crippen molar-refractivity contribution in [3.8, 4) is 0 Å². The Bertz CT molecular complexity index is 1310. The van der Waals surface area contributed by atoms with E-state index < -0.39 is 0 Å². The van der Waals surface area contributed by atoms with Crippen LogP contribution in [0.3, 0.4) is 0 Å². The quantitative estimate of drug-likeness (QED) is 0.398. The van der Waals surface area contributed by atoms with Gasteiger partial charge in [0.05, 0.1) is 28.0 Å². The first-order valence-electron chi connectivity index (χ1n) is 9.19. The molecule has 2 aromatic heterocycles. The first-order valence-corrected chi connectivity index (χ1v) is 10.0. The zero-order valence-electron chi connectivity index (χ0n) is 15.8. The summed E-state index contributed by atoms with van der Waals surface area (Å²) < 4.78 is 7.84. The number of amides is 1. The van der Waals surface area contributed by atoms with Gasteiger partial charge < -0.3 is 14.3 Å². The third-order valence-corrected chi connectivity index (χ3v) is 5.56. The molecule has 0 spiro atoms. The van der Waals surface area contributed by atoms with Gasteiger partial charge in [-0.05, 0) is 31.2 Å². The molecule has 4 rings (SSSR count). The van der Waals surface area contributed by atoms with Gasteiger partial charge in [0, 0.05) is 23.6 Å². The van der Waals surface area contributed by atoms with Crippen LogP contribution in [0, 0.1) is 0 Å². The summed E-state index contributed by atoms with van der Waals surface area (Å²) in [5.74, 6) is -0.691. The van der Waals surface area contributed by atoms with E-state index >= 15 is 0 Å². The topological polar surface area (TPSA) is 76.5 Å². The predicted octanol–water partition coefficient (Wildman–Crippen LogP) is 4.29. The Balaban J connectivity index is 1.83. The van der Waals surface area contributed by atoms with Crippen LogP contribution in [0.15, 0.2) is 66.3 Å². The SMILES string of the molecule is C=CCn1c(=NC(=O)c2c[nH]c3ccccc23)sc2cc(C(=O)OCC)ccc21. The zero-order valence-corrected chi connectivity index (χ0v) is 16.7. The molecule has 0 aliphatic heterocycles. The molecule has 1 N–H and O–H groups in total. The summed E-state index contributed by atoms with van der Waals surface area (Å²) in [6.45, 7) is 6.39. The highest BCUT2D eigenvalue weighted by Gasteiger charge is 2.14. The van der Waals surface area contributed by atoms with E-state index in [2.05, 4.69) is 16.6 Å². The van der Waals surface area contributed by atoms with Gasteiger partial charge in [0.2, 0.25) is 0 Å². The summed E-state index contributed by atoms with van der Waals surface area (Å²) in [7, 11) is 0. The van der Waals surface area contributed by atoms with Gasteiger partial charge in [-0.1, -0.05) is 35.6 Å². The molecule has 0 radical (unpaired) electrons. The average molecular weight is 405 g/mol. The Morgan fingerprint density at radius 1 is 1.28 bits per heavy atom. The molecule has 4 aromatic rings. The highest BCUT2D eigenvalue weighted by Crippen LogP contribution is 2.21. The lowest BCUT2D eigenvalue weighted by atomic mass is 10.2. The molecule has 6 nitrogen and oxygen atoms in total. The minimum Gasteiger partial charge on any atom is -0.462 e. The van der Waals surface area contributed by atoms with Crippen molar-refractivity contribution >= 4 is 44.3 Å². The van der Waals surface area contributed by atoms with Crippen LogP contribution in [0.4, 0.5) is 0 Å². The van der Waals surface area contributed by atoms with Gasteiger partial charge in [0.1, 0.15) is 0 Å². The monoisotopic (exact) mass is 405 g/mol. The normalized spacial score (nSPS) is 11.8. The number of thiazole rings is 1. The summed E-state index contributed by atoms with van der Waals surface area (Å²) in [4.78, 5) is 33.0. The van der Waals surface area contributed by atoms with E-state index in [0.717, 1.165) is 21.1 Å². The van der Waals surface area contributed by atoms with E-state index in [-0.39, 0.29) is 11.9 Å². The van der Waals surface area contributed by atoms with Crippen molar-refractivity contribution in [1.82, 2.24) is 9.55 Å². The number of fused-ring (bicyclic) bond motifs is 2. The number of rotatable bonds is 5. The molecular formula is C22H19N3O3S. The van der Waals surface area contributed by atoms with E-state index in [1.54, 1.807) is 31.3 Å². The number of carbonyl (C=O) groups excluding carboxylic acids is 2. The molecule has 7 heteroatoms. The Morgan fingerprint density at radius 3 is 2.90 bits per heavy atom. The van der Waals surface area contributed by atoms with Crippen LogP contribution in [0.2, 0.25) is 0 Å². The molecule has 0 aliphatic carbocycles. The number of nitrogens with zero attached hydrogens (tertiary/aromatic N) is 2. The number of aromatic amines is 1. The maximum absolute atomic E-state index is 12.9. The fraction of sp³-hybridized carbons (Fsp3) is 0.136. The van der Waals surface area contributed by atoms with Gasteiger partial charge in [-0.15, -0.1) is 6.58 Å². The van der Waals surface area contributed by atoms with Crippen LogP contribution >= 0.6 is 11.3 Å². The Kier molecular flexibility index (Phi) is 5.14. The fourth-order valence-corrected chi connectivity index (χ4v) is 4.28. The van der Waals surface area contributed by atoms with Gasteiger partial charge >= 0.3 is 5.97 Å². The first kappa shape index (κ1) is 18.9. The van der Waals surface area contributed by atoms with Crippen molar-refractivity contribution in [3.05, 3.63) is 77.2 Å². The second kappa shape index (κ2) is 7.89. The molecule has 0 bridgehead atoms. The number of H-pyrrole nitrogens is 1. The smallest absolute Gasteiger partial charge is 0.338 e. The van der Waals surface area contributed by atoms with E-state index in [0.29, 0.717) is 29.1 Å². The molecule has 0 unspecified atom stereocenters. The Hall–Kier alpha value is -3.45. The number of aromatic nitrogens is 2. The van der Waals surface area contributed by atoms with Crippen molar-refractivity contribution < 1.29 is 14.3 Å². The lowest BCUT2D eigenvalue weighted by Crippen LogP contribution is -2.16. The fourth-order valence-electron chi connectivity index (χ4n) is 3.20. The van der Waals surface area contributed by atoms with Crippen LogP contribution in [-0.4, -0.2) is 28.0 Å². The van der Waals surface area contributed by atoms with Crippen LogP contribution < -0.4 is 4.80 Å². The maximum atomic E-state index is 12.9. The summed E-state index contributed by atoms with van der Waals surface area (Å²) >= 11 is 1.35. The number of nitrogens with one attached hydrogen (secondary N) is 1. The number of benzene rings is 2. The number of ether oxygens (including phenoxy) is 1. The van der Waals surface area contributed by atoms with Gasteiger partial charge in [-0.25, -0.2) is 4.79 Å². The summed E-state index contributed by atoms with van der Waals surface area (Å²) in [5, 5.41) is 0.835. The molecule has 0 saturated heterocycles. The number of carbonyl (C=O) groups is 2. The minimum absolute atomic E-state index is 0.317. The molecule has 1 amide bonds. The van der Waals surface area contributed by atoms with Crippen LogP contribution in [0.1, 0.15) is 27.6 Å². The first-order chi connectivity index (χ1) is 14.1. The van der Waals surface area contributed by atoms with E-state index in [9.17, 15) is 9.59 Å². The van der Waals surface area contributed by atoms with Gasteiger partial charge in [-0.2, -0.15) is 4.99 Å². The van der Waals surface area contributed by atoms with Crippen molar-refractivity contribution in [2.24, 2.45) is 4.99 Å². The highest BCUT2D eigenvalue weighted by atomic mass is 32.1. The molecular weight excluding hydrogens is 386 g/mol. The number of hydrogen-bond acceptors (Lipinski definition) is 4. The zero-order chi connectivity index (χ0) is 20.4. The van der Waals surface area contributed by atoms with Crippen molar-refractivity contribution in [2.75, 3.05) is 6.61 Å². The van der Waals surface area contributed by atoms with Crippen molar-refractivity contribution in [3.63, 3.8) is 0 Å². The molecule has 0 aliphatic rings. The molecule has 29 heavy (non-hydrogen) atoms. The lowest BCUT2D eigenvalue weighted by molar-refractivity contribution is 0.0526. The molecule has 2 aromatic carbocycles. The number of hydrogen-bond donors (Lipinski definition) is 1. The predicted molar refractivity (Wildman–Crippen MR) is 114 cm³/mol. The van der Waals surface area contributed by atoms with Crippen molar-refractivity contribution in [2.45, 2.75) is 13.5 Å². The third kappa shape index (κ3) is 3.52. The largest absolute Gasteiger partial charge is 0.462 e. The number of esters is 1. The second-order valence-corrected chi connectivity index (χ2v) is 7.36. The minimum atomic E-state index is -0.369. The number of para-hydroxylation sites is 1. The van der Waals surface area contributed by atoms with E-state index in [1.165, 1.54) is 11.3 Å². The third-order valence-electron chi connectivity index (χ3n) is 4.52. The average Bonchev–Trinajstić information content (AvgIpc) is 3.30. The molecule has 0 saturated carbocycles. The second-order valence-electron chi connectivity index (χ2n) is 6.35. The van der Waals surface area contributed by atoms with Crippen LogP contribution in [0.5, 0.6) is 0 Å². The standard InChI is InChI=1S/C22H19N3O3S/c1-3-11-25-18-10-9-14(21(27)28-4-2)12-19(18)29-22(25)24-20(26)16-13-23-17-8-6-5-7-15(16)17/h3,5-10,12-13,23H,1,4,11H2,2H3. The van der Waals surface area contributed by atoms with Gasteiger partial charge in [0.15, 0.2) is 4.80 Å². The number of allylic oxidation sites excluding steroid dienone is 1. The highest BCUT2D eigenvalue weighted by molar-refractivity contribution is 7.16. The Morgan fingerprint density at radius 2 is 2.10 bits per heavy atom. The van der Waals surface area contributed by atoms with Crippen LogP contribution in [-0.2, 0) is 11.3 Å². The molecule has 146 valence electrons. The van der Waals surface area contributed by atoms with Gasteiger partial charge in [-0.3, -0.25) is 4.79 Å². The Labute approximate surface area is 170 Å². The lowest BCUT2D eigenvalue weighted by Gasteiger charge is -2.03. The van der Waals surface area contributed by atoms with E-state index in [1.807, 2.05) is 34.9 Å². The molecule has 0 fully saturated rings. The summed E-state index contributed by atoms with van der Waals surface area (Å²) in [6, 6.07) is 12.9. The van der Waals surface area contributed by atoms with Crippen molar-refractivity contribution in [1.29, 1.82) is 0 Å². The van der Waals surface area contributed by atoms with Crippen LogP contribution in [0.25, 0.3) is 21.1 Å². The maximum Gasteiger partial charge on any atom is 0.338 e.